The predicted octanol–water partition coefficient (Wildman–Crippen LogP) is 1.30. The van der Waals surface area contributed by atoms with Gasteiger partial charge in [0.1, 0.15) is 12.1 Å². The van der Waals surface area contributed by atoms with Crippen LogP contribution in [0, 0.1) is 0 Å². The van der Waals surface area contributed by atoms with Gasteiger partial charge >= 0.3 is 0 Å². The summed E-state index contributed by atoms with van der Waals surface area (Å²) in [6.07, 6.45) is 8.99. The van der Waals surface area contributed by atoms with Gasteiger partial charge in [0.2, 0.25) is 5.95 Å². The van der Waals surface area contributed by atoms with Crippen LogP contribution < -0.4 is 15.4 Å². The smallest absolute Gasteiger partial charge is 0.255 e. The summed E-state index contributed by atoms with van der Waals surface area (Å²) >= 11 is 0. The Labute approximate surface area is 168 Å². The molecule has 0 aromatic carbocycles. The second-order valence-corrected chi connectivity index (χ2v) is 8.10. The third kappa shape index (κ3) is 2.97. The van der Waals surface area contributed by atoms with Gasteiger partial charge in [-0.05, 0) is 31.7 Å². The van der Waals surface area contributed by atoms with Gasteiger partial charge in [-0.25, -0.2) is 19.6 Å². The highest BCUT2D eigenvalue weighted by molar-refractivity contribution is 5.47. The number of piperidine rings is 1. The molecule has 1 aliphatic carbocycles. The van der Waals surface area contributed by atoms with Crippen LogP contribution in [0.15, 0.2) is 35.6 Å². The van der Waals surface area contributed by atoms with Crippen LogP contribution in [0.2, 0.25) is 0 Å². The molecule has 1 N–H and O–H groups in total. The van der Waals surface area contributed by atoms with E-state index in [0.717, 1.165) is 61.7 Å². The van der Waals surface area contributed by atoms with E-state index in [-0.39, 0.29) is 11.0 Å². The van der Waals surface area contributed by atoms with Crippen molar-refractivity contribution in [3.63, 3.8) is 0 Å². The first-order valence-electron chi connectivity index (χ1n) is 9.94. The maximum Gasteiger partial charge on any atom is 0.255 e. The molecule has 1 spiro atoms. The molecule has 1 unspecified atom stereocenters. The number of rotatable bonds is 3. The standard InChI is InChI=1S/C20H24N8O/c1-26(2)19-24-17-14(18(29)25-19)5-7-20(17)6-3-9-27(12-20)15-11-16(22-13-21-15)28-10-4-8-23-28/h4,8,10-11,13H,3,5-7,9,12H2,1-2H3,(H,24,25,29). The van der Waals surface area contributed by atoms with Crippen LogP contribution >= 0.6 is 0 Å². The van der Waals surface area contributed by atoms with E-state index in [1.165, 1.54) is 0 Å². The second kappa shape index (κ2) is 6.68. The molecule has 0 radical (unpaired) electrons. The number of nitrogens with one attached hydrogen (secondary N) is 1. The zero-order chi connectivity index (χ0) is 20.0. The number of fused-ring (bicyclic) bond motifs is 2. The molecule has 150 valence electrons. The number of H-pyrrole nitrogens is 1. The molecule has 3 aromatic rings. The van der Waals surface area contributed by atoms with Crippen molar-refractivity contribution in [1.29, 1.82) is 0 Å². The van der Waals surface area contributed by atoms with Crippen LogP contribution in [0.5, 0.6) is 0 Å². The molecule has 5 rings (SSSR count). The van der Waals surface area contributed by atoms with Gasteiger partial charge in [0.25, 0.3) is 5.56 Å². The van der Waals surface area contributed by atoms with Gasteiger partial charge in [-0.2, -0.15) is 5.10 Å². The lowest BCUT2D eigenvalue weighted by Gasteiger charge is -2.41. The Kier molecular flexibility index (Phi) is 4.11. The van der Waals surface area contributed by atoms with Crippen LogP contribution in [-0.4, -0.2) is 56.9 Å². The highest BCUT2D eigenvalue weighted by Crippen LogP contribution is 2.44. The fourth-order valence-electron chi connectivity index (χ4n) is 4.62. The maximum absolute atomic E-state index is 12.6. The Morgan fingerprint density at radius 3 is 2.86 bits per heavy atom. The molecule has 1 saturated heterocycles. The highest BCUT2D eigenvalue weighted by atomic mass is 16.1. The zero-order valence-corrected chi connectivity index (χ0v) is 16.7. The van der Waals surface area contributed by atoms with Gasteiger partial charge in [-0.3, -0.25) is 9.78 Å². The fraction of sp³-hybridized carbons (Fsp3) is 0.450. The van der Waals surface area contributed by atoms with E-state index in [1.54, 1.807) is 17.2 Å². The first kappa shape index (κ1) is 17.8. The minimum atomic E-state index is -0.108. The SMILES string of the molecule is CN(C)c1nc2c(c(=O)[nH]1)CCC21CCCN(c2cc(-n3cccn3)ncn2)C1. The topological polar surface area (TPSA) is 95.8 Å². The minimum absolute atomic E-state index is 0.00398. The lowest BCUT2D eigenvalue weighted by molar-refractivity contribution is 0.333. The Bertz CT molecular complexity index is 1090. The van der Waals surface area contributed by atoms with Gasteiger partial charge in [-0.1, -0.05) is 0 Å². The van der Waals surface area contributed by atoms with Gasteiger partial charge in [0.15, 0.2) is 5.82 Å². The zero-order valence-electron chi connectivity index (χ0n) is 16.7. The summed E-state index contributed by atoms with van der Waals surface area (Å²) in [6.45, 7) is 1.73. The van der Waals surface area contributed by atoms with Gasteiger partial charge < -0.3 is 9.80 Å². The Balaban J connectivity index is 1.50. The summed E-state index contributed by atoms with van der Waals surface area (Å²) in [5, 5.41) is 4.26. The summed E-state index contributed by atoms with van der Waals surface area (Å²) in [6, 6.07) is 3.84. The number of anilines is 2. The van der Waals surface area contributed by atoms with Crippen molar-refractivity contribution in [2.75, 3.05) is 37.0 Å². The fourth-order valence-corrected chi connectivity index (χ4v) is 4.62. The third-order valence-corrected chi connectivity index (χ3v) is 6.06. The molecule has 2 aliphatic rings. The van der Waals surface area contributed by atoms with E-state index in [1.807, 2.05) is 37.3 Å². The molecule has 4 heterocycles. The molecule has 0 amide bonds. The lowest BCUT2D eigenvalue weighted by atomic mass is 9.77. The molecule has 9 heteroatoms. The Morgan fingerprint density at radius 2 is 2.07 bits per heavy atom. The van der Waals surface area contributed by atoms with Gasteiger partial charge in [0.05, 0.1) is 5.69 Å². The van der Waals surface area contributed by atoms with Crippen molar-refractivity contribution in [2.24, 2.45) is 0 Å². The molecule has 9 nitrogen and oxygen atoms in total. The van der Waals surface area contributed by atoms with Crippen LogP contribution in [0.1, 0.15) is 30.5 Å². The second-order valence-electron chi connectivity index (χ2n) is 8.10. The molecule has 1 fully saturated rings. The molecule has 3 aromatic heterocycles. The number of hydrogen-bond acceptors (Lipinski definition) is 7. The summed E-state index contributed by atoms with van der Waals surface area (Å²) in [5.41, 5.74) is 1.70. The summed E-state index contributed by atoms with van der Waals surface area (Å²) in [7, 11) is 3.80. The van der Waals surface area contributed by atoms with Crippen LogP contribution in [0.3, 0.4) is 0 Å². The summed E-state index contributed by atoms with van der Waals surface area (Å²) in [4.78, 5) is 33.4. The van der Waals surface area contributed by atoms with Gasteiger partial charge in [0, 0.05) is 56.6 Å². The maximum atomic E-state index is 12.6. The molecular formula is C20H24N8O. The van der Waals surface area contributed by atoms with Crippen molar-refractivity contribution in [1.82, 2.24) is 29.7 Å². The summed E-state index contributed by atoms with van der Waals surface area (Å²) < 4.78 is 1.74. The lowest BCUT2D eigenvalue weighted by Crippen LogP contribution is -2.46. The van der Waals surface area contributed by atoms with E-state index in [0.29, 0.717) is 5.95 Å². The molecule has 1 atom stereocenters. The Morgan fingerprint density at radius 1 is 1.21 bits per heavy atom. The quantitative estimate of drug-likeness (QED) is 0.718. The number of aromatic nitrogens is 6. The van der Waals surface area contributed by atoms with E-state index in [9.17, 15) is 4.79 Å². The van der Waals surface area contributed by atoms with Crippen LogP contribution in [0.25, 0.3) is 5.82 Å². The van der Waals surface area contributed by atoms with Gasteiger partial charge in [-0.15, -0.1) is 0 Å². The average molecular weight is 392 g/mol. The first-order valence-corrected chi connectivity index (χ1v) is 9.94. The number of hydrogen-bond donors (Lipinski definition) is 1. The van der Waals surface area contributed by atoms with Crippen molar-refractivity contribution >= 4 is 11.8 Å². The molecule has 29 heavy (non-hydrogen) atoms. The van der Waals surface area contributed by atoms with Crippen molar-refractivity contribution in [3.05, 3.63) is 52.5 Å². The highest BCUT2D eigenvalue weighted by Gasteiger charge is 2.45. The first-order chi connectivity index (χ1) is 14.1. The molecule has 0 saturated carbocycles. The predicted molar refractivity (Wildman–Crippen MR) is 110 cm³/mol. The monoisotopic (exact) mass is 392 g/mol. The van der Waals surface area contributed by atoms with E-state index < -0.39 is 0 Å². The Hall–Kier alpha value is -3.23. The van der Waals surface area contributed by atoms with Crippen LogP contribution in [-0.2, 0) is 11.8 Å². The van der Waals surface area contributed by atoms with Crippen LogP contribution in [0.4, 0.5) is 11.8 Å². The number of aromatic amines is 1. The van der Waals surface area contributed by atoms with E-state index in [2.05, 4.69) is 25.0 Å². The largest absolute Gasteiger partial charge is 0.356 e. The normalized spacial score (nSPS) is 20.8. The molecule has 0 bridgehead atoms. The minimum Gasteiger partial charge on any atom is -0.356 e. The van der Waals surface area contributed by atoms with E-state index in [4.69, 9.17) is 4.98 Å². The number of nitrogens with zero attached hydrogens (tertiary/aromatic N) is 7. The summed E-state index contributed by atoms with van der Waals surface area (Å²) in [5.74, 6) is 2.25. The van der Waals surface area contributed by atoms with Crippen molar-refractivity contribution < 1.29 is 0 Å². The molecular weight excluding hydrogens is 368 g/mol. The van der Waals surface area contributed by atoms with E-state index >= 15 is 0 Å². The van der Waals surface area contributed by atoms with Crippen molar-refractivity contribution in [2.45, 2.75) is 31.1 Å². The third-order valence-electron chi connectivity index (χ3n) is 6.06. The van der Waals surface area contributed by atoms with Crippen molar-refractivity contribution in [3.8, 4) is 5.82 Å². The average Bonchev–Trinajstić information content (AvgIpc) is 3.38. The molecule has 1 aliphatic heterocycles.